The topological polar surface area (TPSA) is 843 Å². The van der Waals surface area contributed by atoms with E-state index in [0.29, 0.717) is 12.8 Å². The van der Waals surface area contributed by atoms with E-state index in [0.717, 1.165) is 0 Å². The first-order valence-corrected chi connectivity index (χ1v) is 43.2. The number of aliphatic carboxylic acids is 6. The predicted octanol–water partition coefficient (Wildman–Crippen LogP) is -5.97. The van der Waals surface area contributed by atoms with E-state index in [-0.39, 0.29) is 109 Å². The molecule has 0 aromatic rings. The molecule has 34 N–H and O–H groups in total. The van der Waals surface area contributed by atoms with Crippen LogP contribution >= 0.6 is 0 Å². The first kappa shape index (κ1) is 117. The third-order valence-corrected chi connectivity index (χ3v) is 20.5. The first-order chi connectivity index (χ1) is 60.5. The van der Waals surface area contributed by atoms with Gasteiger partial charge >= 0.3 is 35.8 Å². The molecule has 732 valence electrons. The molecule has 0 bridgehead atoms. The number of nitrogens with one attached hydrogen (secondary N) is 14. The number of guanidine groups is 1. The molecular formula is C80H140N22O27. The number of unbranched alkanes of at least 4 members (excludes halogenated alkanes) is 3. The van der Waals surface area contributed by atoms with Gasteiger partial charge < -0.3 is 145 Å². The van der Waals surface area contributed by atoms with Crippen LogP contribution in [-0.2, 0) is 101 Å². The second-order valence-corrected chi connectivity index (χ2v) is 32.5. The minimum atomic E-state index is -2.09. The Morgan fingerprint density at radius 2 is 0.543 bits per heavy atom. The maximum atomic E-state index is 14.7. The summed E-state index contributed by atoms with van der Waals surface area (Å²) in [4.78, 5) is 287. The van der Waals surface area contributed by atoms with Gasteiger partial charge in [-0.2, -0.15) is 0 Å². The summed E-state index contributed by atoms with van der Waals surface area (Å²) in [5.41, 5.74) is 39.7. The second kappa shape index (κ2) is 63.0. The van der Waals surface area contributed by atoms with Crippen molar-refractivity contribution in [2.75, 3.05) is 26.2 Å². The molecule has 0 saturated carbocycles. The van der Waals surface area contributed by atoms with Gasteiger partial charge in [0.15, 0.2) is 5.96 Å². The molecule has 0 aromatic carbocycles. The number of nitrogens with zero attached hydrogens (tertiary/aromatic N) is 1. The van der Waals surface area contributed by atoms with Crippen LogP contribution in [0.5, 0.6) is 0 Å². The van der Waals surface area contributed by atoms with Gasteiger partial charge in [-0.25, -0.2) is 4.79 Å². The molecule has 129 heavy (non-hydrogen) atoms. The van der Waals surface area contributed by atoms with E-state index >= 15 is 0 Å². The van der Waals surface area contributed by atoms with Crippen LogP contribution in [0.4, 0.5) is 0 Å². The summed E-state index contributed by atoms with van der Waals surface area (Å²) >= 11 is 0. The Bertz CT molecular complexity index is 3780. The second-order valence-electron chi connectivity index (χ2n) is 32.5. The Balaban J connectivity index is 7.57. The van der Waals surface area contributed by atoms with Gasteiger partial charge in [0.2, 0.25) is 88.6 Å². The summed E-state index contributed by atoms with van der Waals surface area (Å²) in [5.74, 6) is -27.8. The van der Waals surface area contributed by atoms with E-state index in [1.165, 1.54) is 6.92 Å². The fraction of sp³-hybridized carbons (Fsp3) is 0.725. The van der Waals surface area contributed by atoms with E-state index < -0.39 is 316 Å². The van der Waals surface area contributed by atoms with Crippen molar-refractivity contribution < 1.29 is 131 Å². The first-order valence-electron chi connectivity index (χ1n) is 43.2. The van der Waals surface area contributed by atoms with E-state index in [1.807, 2.05) is 0 Å². The summed E-state index contributed by atoms with van der Waals surface area (Å²) in [6.07, 6.45) is -7.23. The van der Waals surface area contributed by atoms with E-state index in [1.54, 1.807) is 55.4 Å². The van der Waals surface area contributed by atoms with Crippen molar-refractivity contribution in [2.24, 2.45) is 68.8 Å². The van der Waals surface area contributed by atoms with Crippen LogP contribution in [0.1, 0.15) is 229 Å². The maximum Gasteiger partial charge on any atom is 0.326 e. The molecule has 0 radical (unpaired) electrons. The smallest absolute Gasteiger partial charge is 0.326 e. The van der Waals surface area contributed by atoms with Gasteiger partial charge in [-0.3, -0.25) is 101 Å². The Labute approximate surface area is 748 Å². The minimum Gasteiger partial charge on any atom is -0.481 e. The normalized spacial score (nSPS) is 15.1. The molecule has 49 heteroatoms. The highest BCUT2D eigenvalue weighted by molar-refractivity contribution is 6.01. The number of nitrogens with two attached hydrogens (primary N) is 7. The molecule has 0 aliphatic rings. The summed E-state index contributed by atoms with van der Waals surface area (Å²) in [5, 5.41) is 92.1. The zero-order chi connectivity index (χ0) is 98.5. The molecule has 17 atom stereocenters. The lowest BCUT2D eigenvalue weighted by Crippen LogP contribution is -2.62. The highest BCUT2D eigenvalue weighted by atomic mass is 16.4. The fourth-order valence-corrected chi connectivity index (χ4v) is 12.8. The van der Waals surface area contributed by atoms with Crippen molar-refractivity contribution in [3.8, 4) is 0 Å². The SMILES string of the molecule is CC[C@H](C)[C@H](NC(=O)[C@H](CCCCN)NC(=O)[C@H](CCC(=O)O)NC(=O)[C@H](CC(C)C)NC(=O)[C@H](CCC(=O)O)NC(=O)[C@H](CCCN=C(N)N)NC(=O)[C@H](CC(N)=O)NC(=O)[C@H](CCC(=O)O)NC(=O)[C@H](CCCCN)NC(=O)[C@H](CCC(=O)O)NC(=O)[C@@H](N)CC(C)C)C(=O)N[C@H](C(=O)N[C@@H](C)C(=O)N[C@@H](CCC(=O)O)C(=O)N[C@@H](CCCCN)C(=O)O)[C@@H](C)CC. The third-order valence-electron chi connectivity index (χ3n) is 20.5. The van der Waals surface area contributed by atoms with E-state index in [2.05, 4.69) is 79.4 Å². The summed E-state index contributed by atoms with van der Waals surface area (Å²) < 4.78 is 0. The molecule has 0 unspecified atom stereocenters. The molecule has 0 spiro atoms. The van der Waals surface area contributed by atoms with Crippen molar-refractivity contribution in [3.05, 3.63) is 0 Å². The van der Waals surface area contributed by atoms with Crippen molar-refractivity contribution in [1.29, 1.82) is 0 Å². The zero-order valence-electron chi connectivity index (χ0n) is 74.9. The largest absolute Gasteiger partial charge is 0.481 e. The molecule has 0 fully saturated rings. The summed E-state index contributed by atoms with van der Waals surface area (Å²) in [6, 6.07) is -24.7. The van der Waals surface area contributed by atoms with Crippen molar-refractivity contribution in [1.82, 2.24) is 74.4 Å². The van der Waals surface area contributed by atoms with E-state index in [9.17, 15) is 131 Å². The number of carbonyl (C=O) groups excluding carboxylic acids is 15. The molecule has 0 aliphatic carbocycles. The quantitative estimate of drug-likeness (QED) is 0.0153. The van der Waals surface area contributed by atoms with Gasteiger partial charge in [-0.15, -0.1) is 0 Å². The lowest BCUT2D eigenvalue weighted by molar-refractivity contribution is -0.143. The summed E-state index contributed by atoms with van der Waals surface area (Å²) in [6.45, 7) is 14.6. The molecule has 0 aliphatic heterocycles. The molecule has 0 saturated heterocycles. The number of aliphatic imine (C=N–C) groups is 1. The van der Waals surface area contributed by atoms with Crippen LogP contribution < -0.4 is 115 Å². The van der Waals surface area contributed by atoms with Crippen LogP contribution in [0.3, 0.4) is 0 Å². The van der Waals surface area contributed by atoms with Gasteiger partial charge in [0.05, 0.1) is 12.5 Å². The van der Waals surface area contributed by atoms with Gasteiger partial charge in [-0.1, -0.05) is 68.2 Å². The minimum absolute atomic E-state index is 0.0411. The molecule has 0 aromatic heterocycles. The maximum absolute atomic E-state index is 14.7. The predicted molar refractivity (Wildman–Crippen MR) is 463 cm³/mol. The molecule has 49 nitrogen and oxygen atoms in total. The Hall–Kier alpha value is -12.0. The van der Waals surface area contributed by atoms with Crippen molar-refractivity contribution in [2.45, 2.75) is 320 Å². The molecule has 0 rings (SSSR count). The summed E-state index contributed by atoms with van der Waals surface area (Å²) in [7, 11) is 0. The Morgan fingerprint density at radius 1 is 0.287 bits per heavy atom. The molecule has 15 amide bonds. The average molecular weight is 1840 g/mol. The monoisotopic (exact) mass is 1840 g/mol. The highest BCUT2D eigenvalue weighted by Crippen LogP contribution is 2.18. The average Bonchev–Trinajstić information content (AvgIpc) is 0.857. The molecular weight excluding hydrogens is 1700 g/mol. The lowest BCUT2D eigenvalue weighted by atomic mass is 9.94. The number of carbonyl (C=O) groups is 21. The number of rotatable bonds is 70. The van der Waals surface area contributed by atoms with Crippen LogP contribution in [-0.4, -0.2) is 278 Å². The number of primary amides is 1. The van der Waals surface area contributed by atoms with Gasteiger partial charge in [0.25, 0.3) is 0 Å². The van der Waals surface area contributed by atoms with Crippen LogP contribution in [0.15, 0.2) is 4.99 Å². The number of carboxylic acid groups (broad SMARTS) is 6. The van der Waals surface area contributed by atoms with Gasteiger partial charge in [-0.05, 0) is 166 Å². The Morgan fingerprint density at radius 3 is 0.845 bits per heavy atom. The number of hydrogen-bond donors (Lipinski definition) is 27. The van der Waals surface area contributed by atoms with Crippen LogP contribution in [0.25, 0.3) is 0 Å². The van der Waals surface area contributed by atoms with Gasteiger partial charge in [0.1, 0.15) is 84.6 Å². The van der Waals surface area contributed by atoms with E-state index in [4.69, 9.17) is 40.1 Å². The number of hydrogen-bond acceptors (Lipinski definition) is 26. The van der Waals surface area contributed by atoms with Crippen molar-refractivity contribution >= 4 is 130 Å². The highest BCUT2D eigenvalue weighted by Gasteiger charge is 2.41. The van der Waals surface area contributed by atoms with Crippen LogP contribution in [0, 0.1) is 23.7 Å². The number of carboxylic acids is 6. The third kappa shape index (κ3) is 49.2. The van der Waals surface area contributed by atoms with Crippen molar-refractivity contribution in [3.63, 3.8) is 0 Å². The fourth-order valence-electron chi connectivity index (χ4n) is 12.8. The standard InChI is InChI=1S/C80H140N22O27/c1-10-42(7)63(77(126)89-44(9)65(114)90-49(23-28-58(104)105)71(120)98-54(79(128)129)21-14-17-35-83)102-78(127)64(43(8)11-2)101-74(123)47(20-13-16-34-82)93-70(119)51(25-30-60(108)109)97-75(124)55(38-41(5)6)99-72(121)52(26-31-61(110)111)96-68(117)48(22-18-36-88-80(86)87)94-76(125)56(39-57(85)103)100-73(122)53(27-32-62(112)113)95-67(116)46(19-12-15-33-81)92-69(118)50(24-29-59(106)107)91-66(115)45(84)37-40(3)4/h40-56,63-64H,10-39,81-84H2,1-9H3,(H2,85,103)(H,89,126)(H,90,114)(H,91,115)(H,92,118)(H,93,119)(H,94,125)(H,95,116)(H,96,117)(H,97,124)(H,98,120)(H,99,121)(H,100,122)(H,101,123)(H,102,127)(H,104,105)(H,106,107)(H,108,109)(H,110,111)(H,112,113)(H,128,129)(H4,86,87,88)/t42-,43-,44-,45-,46-,47-,48-,49-,50-,51-,52-,53-,54-,55-,56-,63-,64-/m0/s1. The zero-order valence-corrected chi connectivity index (χ0v) is 74.9. The lowest BCUT2D eigenvalue weighted by Gasteiger charge is -2.31. The Kier molecular flexibility index (Phi) is 57.1. The number of amides is 15. The van der Waals surface area contributed by atoms with Crippen LogP contribution in [0.2, 0.25) is 0 Å². The molecule has 0 heterocycles. The van der Waals surface area contributed by atoms with Gasteiger partial charge in [0, 0.05) is 38.6 Å².